The maximum absolute atomic E-state index is 14.0. The van der Waals surface area contributed by atoms with E-state index in [0.717, 1.165) is 10.0 Å². The van der Waals surface area contributed by atoms with Gasteiger partial charge in [-0.15, -0.1) is 0 Å². The van der Waals surface area contributed by atoms with E-state index < -0.39 is 23.7 Å². The number of fused-ring (bicyclic) bond motifs is 3. The minimum Gasteiger partial charge on any atom is -0.502 e. The van der Waals surface area contributed by atoms with Crippen molar-refractivity contribution < 1.29 is 33.8 Å². The van der Waals surface area contributed by atoms with Gasteiger partial charge in [-0.2, -0.15) is 0 Å². The molecular formula is C31H26BrNO7. The lowest BCUT2D eigenvalue weighted by Gasteiger charge is -2.42. The van der Waals surface area contributed by atoms with Gasteiger partial charge in [-0.25, -0.2) is 0 Å². The number of phenols is 1. The number of allylic oxidation sites excluding steroid dienone is 6. The number of amides is 2. The number of carbonyl (C=O) groups excluding carboxylic acids is 4. The van der Waals surface area contributed by atoms with Crippen molar-refractivity contribution in [3.8, 4) is 17.2 Å². The SMILES string of the molecule is COc1cc([C@H]2C3=CC[C@@H]4C(=O)N(c5ccc(Br)cc5)C(=O)[C@@H]4[C@@H]3CC3=C2C(=O)C=C(C)C3=O)cc(OC)c1O. The zero-order valence-corrected chi connectivity index (χ0v) is 23.7. The molecule has 9 heteroatoms. The summed E-state index contributed by atoms with van der Waals surface area (Å²) in [6.45, 7) is 1.61. The van der Waals surface area contributed by atoms with Gasteiger partial charge in [-0.1, -0.05) is 27.6 Å². The zero-order valence-electron chi connectivity index (χ0n) is 22.1. The van der Waals surface area contributed by atoms with Crippen LogP contribution >= 0.6 is 15.9 Å². The molecular weight excluding hydrogens is 578 g/mol. The molecule has 0 radical (unpaired) electrons. The first kappa shape index (κ1) is 26.3. The van der Waals surface area contributed by atoms with Crippen LogP contribution in [0, 0.1) is 17.8 Å². The number of ether oxygens (including phenoxy) is 2. The van der Waals surface area contributed by atoms with E-state index >= 15 is 0 Å². The summed E-state index contributed by atoms with van der Waals surface area (Å²) in [5.41, 5.74) is 2.95. The Hall–Kier alpha value is -3.98. The largest absolute Gasteiger partial charge is 0.502 e. The summed E-state index contributed by atoms with van der Waals surface area (Å²) in [6.07, 6.45) is 3.82. The van der Waals surface area contributed by atoms with Crippen molar-refractivity contribution in [1.29, 1.82) is 0 Å². The van der Waals surface area contributed by atoms with Crippen LogP contribution in [0.25, 0.3) is 0 Å². The highest BCUT2D eigenvalue weighted by molar-refractivity contribution is 9.10. The van der Waals surface area contributed by atoms with Crippen LogP contribution in [0.5, 0.6) is 17.2 Å². The van der Waals surface area contributed by atoms with Crippen LogP contribution < -0.4 is 14.4 Å². The lowest BCUT2D eigenvalue weighted by atomic mass is 9.59. The van der Waals surface area contributed by atoms with E-state index in [9.17, 15) is 24.3 Å². The number of methoxy groups -OCH3 is 2. The lowest BCUT2D eigenvalue weighted by molar-refractivity contribution is -0.123. The maximum atomic E-state index is 14.0. The quantitative estimate of drug-likeness (QED) is 0.303. The van der Waals surface area contributed by atoms with Crippen molar-refractivity contribution in [2.24, 2.45) is 17.8 Å². The summed E-state index contributed by atoms with van der Waals surface area (Å²) in [5, 5.41) is 10.5. The molecule has 1 N–H and O–H groups in total. The smallest absolute Gasteiger partial charge is 0.238 e. The zero-order chi connectivity index (χ0) is 28.5. The summed E-state index contributed by atoms with van der Waals surface area (Å²) >= 11 is 3.39. The molecule has 40 heavy (non-hydrogen) atoms. The maximum Gasteiger partial charge on any atom is 0.238 e. The number of aromatic hydroxyl groups is 1. The monoisotopic (exact) mass is 603 g/mol. The van der Waals surface area contributed by atoms with Crippen molar-refractivity contribution in [3.63, 3.8) is 0 Å². The fourth-order valence-corrected chi connectivity index (χ4v) is 6.95. The van der Waals surface area contributed by atoms with E-state index in [1.807, 2.05) is 6.08 Å². The molecule has 0 unspecified atom stereocenters. The molecule has 0 aromatic heterocycles. The second-order valence-electron chi connectivity index (χ2n) is 10.5. The predicted octanol–water partition coefficient (Wildman–Crippen LogP) is 4.81. The van der Waals surface area contributed by atoms with Gasteiger partial charge in [0.25, 0.3) is 0 Å². The van der Waals surface area contributed by atoms with Crippen LogP contribution in [0.4, 0.5) is 5.69 Å². The number of hydrogen-bond acceptors (Lipinski definition) is 7. The van der Waals surface area contributed by atoms with Gasteiger partial charge in [0.2, 0.25) is 17.6 Å². The number of imide groups is 1. The number of halogens is 1. The number of ketones is 2. The number of hydrogen-bond donors (Lipinski definition) is 1. The van der Waals surface area contributed by atoms with Gasteiger partial charge in [-0.3, -0.25) is 24.1 Å². The van der Waals surface area contributed by atoms with Crippen LogP contribution in [0.2, 0.25) is 0 Å². The molecule has 3 aliphatic carbocycles. The van der Waals surface area contributed by atoms with Gasteiger partial charge >= 0.3 is 0 Å². The first-order valence-electron chi connectivity index (χ1n) is 12.9. The molecule has 0 bridgehead atoms. The van der Waals surface area contributed by atoms with E-state index in [-0.39, 0.29) is 47.1 Å². The highest BCUT2D eigenvalue weighted by atomic mass is 79.9. The molecule has 1 fully saturated rings. The van der Waals surface area contributed by atoms with Crippen LogP contribution in [0.15, 0.2) is 75.3 Å². The molecule has 4 atom stereocenters. The van der Waals surface area contributed by atoms with Crippen LogP contribution in [-0.2, 0) is 19.2 Å². The van der Waals surface area contributed by atoms with Crippen molar-refractivity contribution in [1.82, 2.24) is 0 Å². The lowest BCUT2D eigenvalue weighted by Crippen LogP contribution is -2.39. The summed E-state index contributed by atoms with van der Waals surface area (Å²) in [7, 11) is 2.83. The average molecular weight is 604 g/mol. The first-order valence-corrected chi connectivity index (χ1v) is 13.7. The Labute approximate surface area is 239 Å². The normalized spacial score (nSPS) is 25.8. The number of carbonyl (C=O) groups is 4. The Morgan fingerprint density at radius 1 is 0.950 bits per heavy atom. The van der Waals surface area contributed by atoms with Crippen molar-refractivity contribution in [2.75, 3.05) is 19.1 Å². The second kappa shape index (κ2) is 9.59. The molecule has 0 saturated carbocycles. The van der Waals surface area contributed by atoms with Crippen LogP contribution in [0.3, 0.4) is 0 Å². The Kier molecular flexibility index (Phi) is 6.29. The highest BCUT2D eigenvalue weighted by Gasteiger charge is 2.56. The Morgan fingerprint density at radius 3 is 2.23 bits per heavy atom. The summed E-state index contributed by atoms with van der Waals surface area (Å²) < 4.78 is 11.6. The van der Waals surface area contributed by atoms with Gasteiger partial charge in [0, 0.05) is 27.1 Å². The molecule has 6 rings (SSSR count). The molecule has 1 aliphatic heterocycles. The topological polar surface area (TPSA) is 110 Å². The molecule has 2 aromatic carbocycles. The third-order valence-electron chi connectivity index (χ3n) is 8.48. The average Bonchev–Trinajstić information content (AvgIpc) is 3.21. The van der Waals surface area contributed by atoms with Gasteiger partial charge < -0.3 is 14.6 Å². The minimum absolute atomic E-state index is 0.155. The van der Waals surface area contributed by atoms with E-state index in [1.165, 1.54) is 25.2 Å². The summed E-state index contributed by atoms with van der Waals surface area (Å²) in [6, 6.07) is 10.3. The molecule has 0 spiro atoms. The Bertz CT molecular complexity index is 1570. The number of benzene rings is 2. The van der Waals surface area contributed by atoms with Crippen molar-refractivity contribution >= 4 is 45.0 Å². The fraction of sp³-hybridized carbons (Fsp3) is 0.290. The van der Waals surface area contributed by atoms with Gasteiger partial charge in [0.1, 0.15) is 0 Å². The summed E-state index contributed by atoms with van der Waals surface area (Å²) in [4.78, 5) is 55.7. The van der Waals surface area contributed by atoms with Crippen LogP contribution in [0.1, 0.15) is 31.2 Å². The molecule has 204 valence electrons. The van der Waals surface area contributed by atoms with Gasteiger partial charge in [0.15, 0.2) is 23.1 Å². The fourth-order valence-electron chi connectivity index (χ4n) is 6.69. The molecule has 4 aliphatic rings. The van der Waals surface area contributed by atoms with E-state index in [2.05, 4.69) is 15.9 Å². The number of Topliss-reactive ketones (excluding diaryl/α,β-unsaturated/α-hetero) is 1. The number of phenolic OH excluding ortho intramolecular Hbond substituents is 1. The first-order chi connectivity index (χ1) is 19.2. The Balaban J connectivity index is 1.51. The molecule has 2 aromatic rings. The molecule has 8 nitrogen and oxygen atoms in total. The predicted molar refractivity (Wildman–Crippen MR) is 149 cm³/mol. The van der Waals surface area contributed by atoms with Crippen molar-refractivity contribution in [3.05, 3.63) is 80.9 Å². The van der Waals surface area contributed by atoms with Crippen LogP contribution in [-0.4, -0.2) is 42.7 Å². The number of nitrogens with zero attached hydrogens (tertiary/aromatic N) is 1. The van der Waals surface area contributed by atoms with Gasteiger partial charge in [0.05, 0.1) is 31.7 Å². The third-order valence-corrected chi connectivity index (χ3v) is 9.01. The number of anilines is 1. The Morgan fingerprint density at radius 2 is 1.60 bits per heavy atom. The van der Waals surface area contributed by atoms with Gasteiger partial charge in [-0.05, 0) is 73.7 Å². The van der Waals surface area contributed by atoms with E-state index in [0.29, 0.717) is 34.4 Å². The third kappa shape index (κ3) is 3.78. The highest BCUT2D eigenvalue weighted by Crippen LogP contribution is 2.56. The summed E-state index contributed by atoms with van der Waals surface area (Å²) in [5.74, 6) is -3.34. The van der Waals surface area contributed by atoms with E-state index in [4.69, 9.17) is 9.47 Å². The molecule has 2 amide bonds. The van der Waals surface area contributed by atoms with Crippen molar-refractivity contribution in [2.45, 2.75) is 25.7 Å². The second-order valence-corrected chi connectivity index (χ2v) is 11.4. The minimum atomic E-state index is -0.678. The standard InChI is InChI=1S/C31H26BrNO7/c1-14-10-22(34)27-21(28(14)35)13-20-18(25(27)15-11-23(39-2)29(36)24(12-15)40-3)8-9-19-26(20)31(38)33(30(19)37)17-6-4-16(32)5-7-17/h4-8,10-12,19-20,25-26,36H,9,13H2,1-3H3/t19-,20+,25-,26-/m0/s1. The number of rotatable bonds is 4. The van der Waals surface area contributed by atoms with E-state index in [1.54, 1.807) is 43.3 Å². The molecule has 1 saturated heterocycles. The molecule has 1 heterocycles.